The molecule has 0 saturated carbocycles. The molecule has 2 aliphatic rings. The highest BCUT2D eigenvalue weighted by molar-refractivity contribution is 5.79. The van der Waals surface area contributed by atoms with Crippen molar-refractivity contribution in [2.45, 2.75) is 51.0 Å². The molecule has 21 heavy (non-hydrogen) atoms. The van der Waals surface area contributed by atoms with Crippen molar-refractivity contribution in [3.8, 4) is 0 Å². The van der Waals surface area contributed by atoms with Gasteiger partial charge >= 0.3 is 6.03 Å². The first-order chi connectivity index (χ1) is 9.73. The molecule has 2 rings (SSSR count). The number of urea groups is 1. The third-order valence-electron chi connectivity index (χ3n) is 3.50. The van der Waals surface area contributed by atoms with Crippen LogP contribution < -0.4 is 5.32 Å². The maximum absolute atomic E-state index is 14.8. The molecule has 2 amide bonds. The number of rotatable bonds is 4. The molecule has 118 valence electrons. The highest BCUT2D eigenvalue weighted by Gasteiger charge is 2.57. The van der Waals surface area contributed by atoms with Gasteiger partial charge in [-0.1, -0.05) is 6.58 Å². The van der Waals surface area contributed by atoms with Crippen molar-refractivity contribution in [2.24, 2.45) is 0 Å². The number of nitrogens with one attached hydrogen (secondary N) is 1. The van der Waals surface area contributed by atoms with Crippen molar-refractivity contribution >= 4 is 6.03 Å². The summed E-state index contributed by atoms with van der Waals surface area (Å²) in [4.78, 5) is 13.0. The largest absolute Gasteiger partial charge is 0.387 e. The van der Waals surface area contributed by atoms with E-state index in [4.69, 9.17) is 9.47 Å². The van der Waals surface area contributed by atoms with Crippen LogP contribution in [0, 0.1) is 0 Å². The Labute approximate surface area is 123 Å². The molecule has 1 fully saturated rings. The lowest BCUT2D eigenvalue weighted by Crippen LogP contribution is -2.53. The van der Waals surface area contributed by atoms with Gasteiger partial charge in [0, 0.05) is 11.9 Å². The summed E-state index contributed by atoms with van der Waals surface area (Å²) in [6.45, 7) is 8.52. The molecule has 1 saturated heterocycles. The molecule has 0 bridgehead atoms. The average Bonchev–Trinajstić information content (AvgIpc) is 2.60. The highest BCUT2D eigenvalue weighted by atomic mass is 19.1. The number of hydrogen-bond donors (Lipinski definition) is 2. The van der Waals surface area contributed by atoms with Gasteiger partial charge in [-0.05, 0) is 26.8 Å². The Balaban J connectivity index is 2.14. The lowest BCUT2D eigenvalue weighted by atomic mass is 9.98. The Morgan fingerprint density at radius 3 is 2.90 bits per heavy atom. The number of aliphatic hydroxyl groups is 1. The first-order valence-corrected chi connectivity index (χ1v) is 6.84. The zero-order valence-corrected chi connectivity index (χ0v) is 12.4. The Hall–Kier alpha value is -1.44. The molecule has 0 aromatic carbocycles. The molecule has 0 radical (unpaired) electrons. The predicted octanol–water partition coefficient (Wildman–Crippen LogP) is 1.28. The quantitative estimate of drug-likeness (QED) is 0.820. The summed E-state index contributed by atoms with van der Waals surface area (Å²) in [5.74, 6) is 0. The lowest BCUT2D eigenvalue weighted by molar-refractivity contribution is -0.0869. The number of halogens is 1. The highest BCUT2D eigenvalue weighted by Crippen LogP contribution is 2.37. The standard InChI is InChI=1S/C14H21FN2O4/c1-8(2)20-7-10-11(18)14(4,15)12(21-10)17-6-5-9(3)16-13(17)19/h5-6,8,10-12,18H,3,7H2,1-2,4H3,(H,16,19)/t10-,11-,12-,14-/m1/s1. The normalized spacial score (nSPS) is 36.5. The van der Waals surface area contributed by atoms with E-state index >= 15 is 0 Å². The van der Waals surface area contributed by atoms with Crippen molar-refractivity contribution in [1.82, 2.24) is 10.2 Å². The van der Waals surface area contributed by atoms with Crippen LogP contribution in [0.15, 0.2) is 24.6 Å². The van der Waals surface area contributed by atoms with Crippen molar-refractivity contribution in [1.29, 1.82) is 0 Å². The second kappa shape index (κ2) is 5.75. The zero-order chi connectivity index (χ0) is 15.8. The molecule has 0 aromatic rings. The van der Waals surface area contributed by atoms with Crippen molar-refractivity contribution in [3.05, 3.63) is 24.6 Å². The molecular formula is C14H21FN2O4. The summed E-state index contributed by atoms with van der Waals surface area (Å²) in [6, 6.07) is -0.547. The molecule has 0 unspecified atom stereocenters. The molecule has 2 heterocycles. The van der Waals surface area contributed by atoms with E-state index in [1.165, 1.54) is 19.2 Å². The van der Waals surface area contributed by atoms with Gasteiger partial charge in [0.25, 0.3) is 0 Å². The predicted molar refractivity (Wildman–Crippen MR) is 73.9 cm³/mol. The molecule has 4 atom stereocenters. The zero-order valence-electron chi connectivity index (χ0n) is 12.4. The average molecular weight is 300 g/mol. The number of hydrogen-bond acceptors (Lipinski definition) is 4. The number of ether oxygens (including phenoxy) is 2. The van der Waals surface area contributed by atoms with E-state index in [-0.39, 0.29) is 12.7 Å². The van der Waals surface area contributed by atoms with Crippen molar-refractivity contribution in [2.75, 3.05) is 6.61 Å². The SMILES string of the molecule is C=C1C=CN([C@@H]2O[C@H](COC(C)C)[C@@H](O)[C@@]2(C)F)C(=O)N1. The van der Waals surface area contributed by atoms with Gasteiger partial charge < -0.3 is 19.9 Å². The van der Waals surface area contributed by atoms with Gasteiger partial charge in [0.1, 0.15) is 12.2 Å². The van der Waals surface area contributed by atoms with Gasteiger partial charge in [-0.3, -0.25) is 4.90 Å². The second-order valence-electron chi connectivity index (χ2n) is 5.68. The van der Waals surface area contributed by atoms with Crippen LogP contribution in [0.1, 0.15) is 20.8 Å². The molecular weight excluding hydrogens is 279 g/mol. The number of amides is 2. The summed E-state index contributed by atoms with van der Waals surface area (Å²) in [5.41, 5.74) is -1.69. The Morgan fingerprint density at radius 1 is 1.67 bits per heavy atom. The molecule has 2 N–H and O–H groups in total. The first kappa shape index (κ1) is 15.9. The minimum absolute atomic E-state index is 0.0563. The number of aliphatic hydroxyl groups excluding tert-OH is 1. The van der Waals surface area contributed by atoms with Gasteiger partial charge in [-0.2, -0.15) is 0 Å². The maximum atomic E-state index is 14.8. The van der Waals surface area contributed by atoms with Crippen LogP contribution in [-0.2, 0) is 9.47 Å². The van der Waals surface area contributed by atoms with E-state index in [2.05, 4.69) is 11.9 Å². The third kappa shape index (κ3) is 3.09. The Kier molecular flexibility index (Phi) is 4.36. The van der Waals surface area contributed by atoms with Crippen LogP contribution >= 0.6 is 0 Å². The van der Waals surface area contributed by atoms with Crippen molar-refractivity contribution in [3.63, 3.8) is 0 Å². The smallest absolute Gasteiger partial charge is 0.328 e. The minimum atomic E-state index is -2.11. The number of allylic oxidation sites excluding steroid dienone is 1. The van der Waals surface area contributed by atoms with Crippen LogP contribution in [0.4, 0.5) is 9.18 Å². The summed E-state index contributed by atoms with van der Waals surface area (Å²) in [7, 11) is 0. The van der Waals surface area contributed by atoms with Gasteiger partial charge in [-0.15, -0.1) is 0 Å². The molecule has 7 heteroatoms. The van der Waals surface area contributed by atoms with Gasteiger partial charge in [0.2, 0.25) is 0 Å². The lowest BCUT2D eigenvalue weighted by Gasteiger charge is -2.33. The molecule has 0 aromatic heterocycles. The van der Waals surface area contributed by atoms with Crippen LogP contribution in [0.5, 0.6) is 0 Å². The van der Waals surface area contributed by atoms with Crippen LogP contribution in [0.3, 0.4) is 0 Å². The Bertz CT molecular complexity index is 464. The van der Waals surface area contributed by atoms with Crippen LogP contribution in [0.2, 0.25) is 0 Å². The second-order valence-corrected chi connectivity index (χ2v) is 5.68. The summed E-state index contributed by atoms with van der Waals surface area (Å²) >= 11 is 0. The fraction of sp³-hybridized carbons (Fsp3) is 0.643. The van der Waals surface area contributed by atoms with Crippen LogP contribution in [0.25, 0.3) is 0 Å². The van der Waals surface area contributed by atoms with Gasteiger partial charge in [0.15, 0.2) is 11.9 Å². The third-order valence-corrected chi connectivity index (χ3v) is 3.50. The maximum Gasteiger partial charge on any atom is 0.328 e. The first-order valence-electron chi connectivity index (χ1n) is 6.84. The van der Waals surface area contributed by atoms with Gasteiger partial charge in [0.05, 0.1) is 12.7 Å². The van der Waals surface area contributed by atoms with E-state index in [9.17, 15) is 14.3 Å². The van der Waals surface area contributed by atoms with Gasteiger partial charge in [-0.25, -0.2) is 9.18 Å². The molecule has 2 aliphatic heterocycles. The van der Waals surface area contributed by atoms with E-state index in [1.54, 1.807) is 0 Å². The fourth-order valence-corrected chi connectivity index (χ4v) is 2.30. The van der Waals surface area contributed by atoms with E-state index in [1.807, 2.05) is 13.8 Å². The molecule has 6 nitrogen and oxygen atoms in total. The topological polar surface area (TPSA) is 71.0 Å². The summed E-state index contributed by atoms with van der Waals surface area (Å²) in [6.07, 6.45) is -0.580. The summed E-state index contributed by atoms with van der Waals surface area (Å²) in [5, 5.41) is 12.6. The monoisotopic (exact) mass is 300 g/mol. The van der Waals surface area contributed by atoms with E-state index in [0.29, 0.717) is 5.70 Å². The Morgan fingerprint density at radius 2 is 2.33 bits per heavy atom. The molecule has 0 spiro atoms. The van der Waals surface area contributed by atoms with E-state index in [0.717, 1.165) is 4.90 Å². The molecule has 0 aliphatic carbocycles. The summed E-state index contributed by atoms with van der Waals surface area (Å²) < 4.78 is 25.7. The number of carbonyl (C=O) groups is 1. The number of carbonyl (C=O) groups excluding carboxylic acids is 1. The minimum Gasteiger partial charge on any atom is -0.387 e. The van der Waals surface area contributed by atoms with E-state index < -0.39 is 30.1 Å². The van der Waals surface area contributed by atoms with Crippen molar-refractivity contribution < 1.29 is 23.8 Å². The number of alkyl halides is 1. The number of nitrogens with zero attached hydrogens (tertiary/aromatic N) is 1. The van der Waals surface area contributed by atoms with Crippen LogP contribution in [-0.4, -0.2) is 52.9 Å². The fourth-order valence-electron chi connectivity index (χ4n) is 2.30.